The van der Waals surface area contributed by atoms with Crippen LogP contribution in [0, 0.1) is 0 Å². The van der Waals surface area contributed by atoms with Crippen LogP contribution in [0.3, 0.4) is 0 Å². The van der Waals surface area contributed by atoms with Crippen LogP contribution in [0.4, 0.5) is 0 Å². The summed E-state index contributed by atoms with van der Waals surface area (Å²) < 4.78 is 12.9. The zero-order valence-electron chi connectivity index (χ0n) is 17.9. The Hall–Kier alpha value is -3.35. The molecule has 1 fully saturated rings. The summed E-state index contributed by atoms with van der Waals surface area (Å²) in [7, 11) is 0. The molecule has 0 atom stereocenters. The Morgan fingerprint density at radius 1 is 1.06 bits per heavy atom. The number of amides is 1. The number of hydrogen-bond donors (Lipinski definition) is 0. The Morgan fingerprint density at radius 3 is 2.62 bits per heavy atom. The van der Waals surface area contributed by atoms with Gasteiger partial charge in [-0.25, -0.2) is 4.68 Å². The molecule has 0 radical (unpaired) electrons. The second-order valence-corrected chi connectivity index (χ2v) is 9.08. The summed E-state index contributed by atoms with van der Waals surface area (Å²) in [5.41, 5.74) is 2.13. The molecule has 1 aliphatic carbocycles. The lowest BCUT2D eigenvalue weighted by Gasteiger charge is -2.43. The van der Waals surface area contributed by atoms with Crippen molar-refractivity contribution in [2.24, 2.45) is 0 Å². The lowest BCUT2D eigenvalue weighted by atomic mass is 9.73. The van der Waals surface area contributed by atoms with Crippen LogP contribution in [0.2, 0.25) is 0 Å². The zero-order chi connectivity index (χ0) is 21.7. The van der Waals surface area contributed by atoms with Gasteiger partial charge in [-0.05, 0) is 42.2 Å². The SMILES string of the molecule is O=C(Cn1ncc2ccccc2c1=O)N1Cc2cc3c(cc2C2(CCCC2)C1)OCCO3. The maximum absolute atomic E-state index is 13.4. The minimum absolute atomic E-state index is 0.0547. The van der Waals surface area contributed by atoms with Crippen LogP contribution >= 0.6 is 0 Å². The number of benzene rings is 2. The van der Waals surface area contributed by atoms with E-state index in [4.69, 9.17) is 9.47 Å². The van der Waals surface area contributed by atoms with Crippen molar-refractivity contribution < 1.29 is 14.3 Å². The van der Waals surface area contributed by atoms with Crippen molar-refractivity contribution in [2.45, 2.75) is 44.2 Å². The molecule has 3 aromatic rings. The van der Waals surface area contributed by atoms with E-state index in [2.05, 4.69) is 11.2 Å². The first kappa shape index (κ1) is 19.3. The van der Waals surface area contributed by atoms with Gasteiger partial charge in [0.15, 0.2) is 11.5 Å². The van der Waals surface area contributed by atoms with Crippen LogP contribution in [-0.2, 0) is 23.3 Å². The summed E-state index contributed by atoms with van der Waals surface area (Å²) in [5.74, 6) is 1.49. The molecule has 3 heterocycles. The van der Waals surface area contributed by atoms with E-state index in [1.807, 2.05) is 29.2 Å². The summed E-state index contributed by atoms with van der Waals surface area (Å²) in [6, 6.07) is 11.5. The lowest BCUT2D eigenvalue weighted by molar-refractivity contribution is -0.134. The van der Waals surface area contributed by atoms with E-state index in [1.54, 1.807) is 12.3 Å². The standard InChI is InChI=1S/C25H25N3O4/c29-23(15-28-24(30)19-6-2-1-5-17(19)13-26-28)27-14-18-11-21-22(32-10-9-31-21)12-20(18)25(16-27)7-3-4-8-25/h1-2,5-6,11-13H,3-4,7-10,14-16H2. The number of hydrogen-bond acceptors (Lipinski definition) is 5. The van der Waals surface area contributed by atoms with E-state index < -0.39 is 0 Å². The van der Waals surface area contributed by atoms with E-state index in [9.17, 15) is 9.59 Å². The molecule has 1 aromatic heterocycles. The predicted molar refractivity (Wildman–Crippen MR) is 119 cm³/mol. The van der Waals surface area contributed by atoms with Crippen molar-refractivity contribution in [3.8, 4) is 11.5 Å². The number of rotatable bonds is 2. The zero-order valence-corrected chi connectivity index (χ0v) is 17.9. The number of nitrogens with zero attached hydrogens (tertiary/aromatic N) is 3. The van der Waals surface area contributed by atoms with Crippen LogP contribution in [0.15, 0.2) is 47.4 Å². The van der Waals surface area contributed by atoms with Gasteiger partial charge >= 0.3 is 0 Å². The Morgan fingerprint density at radius 2 is 1.81 bits per heavy atom. The maximum Gasteiger partial charge on any atom is 0.275 e. The third kappa shape index (κ3) is 3.06. The number of carbonyl (C=O) groups is 1. The van der Waals surface area contributed by atoms with Gasteiger partial charge in [0.25, 0.3) is 5.56 Å². The first-order valence-electron chi connectivity index (χ1n) is 11.3. The number of fused-ring (bicyclic) bond motifs is 4. The Kier molecular flexibility index (Phi) is 4.45. The average molecular weight is 431 g/mol. The highest BCUT2D eigenvalue weighted by atomic mass is 16.6. The normalized spacial score (nSPS) is 18.7. The molecular formula is C25H25N3O4. The molecular weight excluding hydrogens is 406 g/mol. The van der Waals surface area contributed by atoms with Gasteiger partial charge in [-0.15, -0.1) is 0 Å². The fourth-order valence-corrected chi connectivity index (χ4v) is 5.59. The Labute approximate surface area is 185 Å². The third-order valence-corrected chi connectivity index (χ3v) is 7.15. The van der Waals surface area contributed by atoms with E-state index >= 15 is 0 Å². The van der Waals surface area contributed by atoms with E-state index in [1.165, 1.54) is 10.2 Å². The molecule has 3 aliphatic rings. The second kappa shape index (κ2) is 7.36. The summed E-state index contributed by atoms with van der Waals surface area (Å²) in [6.45, 7) is 2.22. The van der Waals surface area contributed by atoms with Gasteiger partial charge in [0.05, 0.1) is 11.6 Å². The van der Waals surface area contributed by atoms with Crippen LogP contribution in [-0.4, -0.2) is 40.3 Å². The summed E-state index contributed by atoms with van der Waals surface area (Å²) in [4.78, 5) is 28.1. The lowest BCUT2D eigenvalue weighted by Crippen LogP contribution is -2.48. The summed E-state index contributed by atoms with van der Waals surface area (Å²) >= 11 is 0. The van der Waals surface area contributed by atoms with Crippen LogP contribution in [0.1, 0.15) is 36.8 Å². The van der Waals surface area contributed by atoms with E-state index in [-0.39, 0.29) is 23.4 Å². The topological polar surface area (TPSA) is 73.7 Å². The molecule has 0 saturated heterocycles. The van der Waals surface area contributed by atoms with Gasteiger partial charge in [0.1, 0.15) is 19.8 Å². The third-order valence-electron chi connectivity index (χ3n) is 7.15. The number of carbonyl (C=O) groups excluding carboxylic acids is 1. The van der Waals surface area contributed by atoms with E-state index in [0.29, 0.717) is 31.7 Å². The van der Waals surface area contributed by atoms with Crippen molar-refractivity contribution in [3.63, 3.8) is 0 Å². The Bertz CT molecular complexity index is 1280. The van der Waals surface area contributed by atoms with Crippen molar-refractivity contribution >= 4 is 16.7 Å². The van der Waals surface area contributed by atoms with Crippen molar-refractivity contribution in [1.29, 1.82) is 0 Å². The Balaban J connectivity index is 1.33. The molecule has 2 aliphatic heterocycles. The van der Waals surface area contributed by atoms with Crippen LogP contribution in [0.25, 0.3) is 10.8 Å². The predicted octanol–water partition coefficient (Wildman–Crippen LogP) is 3.02. The van der Waals surface area contributed by atoms with Crippen molar-refractivity contribution in [3.05, 3.63) is 64.1 Å². The molecule has 6 rings (SSSR count). The fraction of sp³-hybridized carbons (Fsp3) is 0.400. The molecule has 32 heavy (non-hydrogen) atoms. The maximum atomic E-state index is 13.4. The molecule has 164 valence electrons. The number of aromatic nitrogens is 2. The highest BCUT2D eigenvalue weighted by Gasteiger charge is 2.44. The van der Waals surface area contributed by atoms with Gasteiger partial charge in [-0.3, -0.25) is 9.59 Å². The highest BCUT2D eigenvalue weighted by molar-refractivity contribution is 5.81. The van der Waals surface area contributed by atoms with Crippen LogP contribution in [0.5, 0.6) is 11.5 Å². The summed E-state index contributed by atoms with van der Waals surface area (Å²) in [6.07, 6.45) is 6.07. The molecule has 0 unspecified atom stereocenters. The largest absolute Gasteiger partial charge is 0.486 e. The van der Waals surface area contributed by atoms with Gasteiger partial charge in [-0.1, -0.05) is 31.0 Å². The van der Waals surface area contributed by atoms with Gasteiger partial charge < -0.3 is 14.4 Å². The summed E-state index contributed by atoms with van der Waals surface area (Å²) in [5, 5.41) is 5.61. The minimum Gasteiger partial charge on any atom is -0.486 e. The minimum atomic E-state index is -0.232. The first-order chi connectivity index (χ1) is 15.6. The van der Waals surface area contributed by atoms with Gasteiger partial charge in [0.2, 0.25) is 5.91 Å². The molecule has 1 amide bonds. The fourth-order valence-electron chi connectivity index (χ4n) is 5.59. The van der Waals surface area contributed by atoms with Crippen molar-refractivity contribution in [1.82, 2.24) is 14.7 Å². The monoisotopic (exact) mass is 431 g/mol. The smallest absolute Gasteiger partial charge is 0.275 e. The number of ether oxygens (including phenoxy) is 2. The van der Waals surface area contributed by atoms with Gasteiger partial charge in [-0.2, -0.15) is 5.10 Å². The molecule has 1 saturated carbocycles. The second-order valence-electron chi connectivity index (χ2n) is 9.08. The molecule has 2 aromatic carbocycles. The first-order valence-corrected chi connectivity index (χ1v) is 11.3. The van der Waals surface area contributed by atoms with Crippen LogP contribution < -0.4 is 15.0 Å². The van der Waals surface area contributed by atoms with E-state index in [0.717, 1.165) is 48.1 Å². The molecule has 0 bridgehead atoms. The van der Waals surface area contributed by atoms with Gasteiger partial charge in [0, 0.05) is 23.9 Å². The molecule has 7 nitrogen and oxygen atoms in total. The highest BCUT2D eigenvalue weighted by Crippen LogP contribution is 2.49. The average Bonchev–Trinajstić information content (AvgIpc) is 3.28. The molecule has 7 heteroatoms. The quantitative estimate of drug-likeness (QED) is 0.624. The van der Waals surface area contributed by atoms with Crippen molar-refractivity contribution in [2.75, 3.05) is 19.8 Å². The molecule has 1 spiro atoms. The molecule has 0 N–H and O–H groups in total.